The zero-order valence-electron chi connectivity index (χ0n) is 12.9. The molecule has 1 N–H and O–H groups in total. The van der Waals surface area contributed by atoms with Crippen LogP contribution in [0.3, 0.4) is 0 Å². The maximum absolute atomic E-state index is 12.4. The van der Waals surface area contributed by atoms with Crippen molar-refractivity contribution in [1.29, 1.82) is 0 Å². The number of ether oxygens (including phenoxy) is 1. The van der Waals surface area contributed by atoms with Crippen LogP contribution in [0.15, 0.2) is 0 Å². The first-order valence-electron chi connectivity index (χ1n) is 7.02. The first-order chi connectivity index (χ1) is 8.66. The standard InChI is InChI=1S/C16H27NO2/c1-7-9-17-16(13(18)19-8-2)11-14(3,4)10-15(5,6)12-16/h1,17H,8-12H2,2-6H3. The lowest BCUT2D eigenvalue weighted by Crippen LogP contribution is -2.60. The molecule has 1 fully saturated rings. The van der Waals surface area contributed by atoms with Crippen molar-refractivity contribution in [2.24, 2.45) is 10.8 Å². The molecule has 0 radical (unpaired) electrons. The van der Waals surface area contributed by atoms with Crippen molar-refractivity contribution in [3.63, 3.8) is 0 Å². The van der Waals surface area contributed by atoms with Crippen LogP contribution in [0.5, 0.6) is 0 Å². The average Bonchev–Trinajstić information content (AvgIpc) is 2.22. The summed E-state index contributed by atoms with van der Waals surface area (Å²) in [5.74, 6) is 2.41. The van der Waals surface area contributed by atoms with E-state index in [4.69, 9.17) is 11.2 Å². The normalized spacial score (nSPS) is 23.4. The van der Waals surface area contributed by atoms with Gasteiger partial charge in [0.2, 0.25) is 0 Å². The van der Waals surface area contributed by atoms with Crippen molar-refractivity contribution < 1.29 is 9.53 Å². The Balaban J connectivity index is 3.08. The van der Waals surface area contributed by atoms with Crippen molar-refractivity contribution >= 4 is 5.97 Å². The van der Waals surface area contributed by atoms with Crippen LogP contribution in [0.25, 0.3) is 0 Å². The van der Waals surface area contributed by atoms with Crippen molar-refractivity contribution in [3.05, 3.63) is 0 Å². The number of esters is 1. The number of hydrogen-bond acceptors (Lipinski definition) is 3. The van der Waals surface area contributed by atoms with Gasteiger partial charge in [0.25, 0.3) is 0 Å². The second-order valence-corrected chi connectivity index (χ2v) is 7.22. The Labute approximate surface area is 117 Å². The molecule has 0 aromatic carbocycles. The molecule has 0 spiro atoms. The maximum atomic E-state index is 12.4. The average molecular weight is 265 g/mol. The molecule has 0 heterocycles. The SMILES string of the molecule is C#CCNC1(C(=O)OCC)CC(C)(C)CC(C)(C)C1. The third-order valence-corrected chi connectivity index (χ3v) is 3.71. The molecular formula is C16H27NO2. The van der Waals surface area contributed by atoms with Gasteiger partial charge in [-0.15, -0.1) is 6.42 Å². The van der Waals surface area contributed by atoms with Gasteiger partial charge in [0.1, 0.15) is 5.54 Å². The monoisotopic (exact) mass is 265 g/mol. The summed E-state index contributed by atoms with van der Waals surface area (Å²) in [4.78, 5) is 12.4. The van der Waals surface area contributed by atoms with E-state index in [0.29, 0.717) is 13.2 Å². The molecule has 0 aromatic rings. The van der Waals surface area contributed by atoms with Gasteiger partial charge in [-0.2, -0.15) is 0 Å². The zero-order valence-corrected chi connectivity index (χ0v) is 12.9. The molecule has 1 aliphatic carbocycles. The van der Waals surface area contributed by atoms with Crippen LogP contribution in [0, 0.1) is 23.2 Å². The number of carbonyl (C=O) groups excluding carboxylic acids is 1. The van der Waals surface area contributed by atoms with Crippen LogP contribution in [-0.4, -0.2) is 24.7 Å². The largest absolute Gasteiger partial charge is 0.465 e. The first kappa shape index (κ1) is 16.0. The first-order valence-corrected chi connectivity index (χ1v) is 7.02. The number of hydrogen-bond donors (Lipinski definition) is 1. The van der Waals surface area contributed by atoms with Gasteiger partial charge in [-0.05, 0) is 37.0 Å². The molecule has 3 nitrogen and oxygen atoms in total. The minimum absolute atomic E-state index is 0.0934. The molecule has 1 saturated carbocycles. The van der Waals surface area contributed by atoms with Gasteiger partial charge < -0.3 is 4.74 Å². The quantitative estimate of drug-likeness (QED) is 0.627. The molecular weight excluding hydrogens is 238 g/mol. The zero-order chi connectivity index (χ0) is 14.7. The van der Waals surface area contributed by atoms with Gasteiger partial charge in [0.15, 0.2) is 0 Å². The van der Waals surface area contributed by atoms with E-state index in [0.717, 1.165) is 19.3 Å². The molecule has 108 valence electrons. The molecule has 19 heavy (non-hydrogen) atoms. The summed E-state index contributed by atoms with van der Waals surface area (Å²) in [7, 11) is 0. The Morgan fingerprint density at radius 1 is 1.21 bits per heavy atom. The summed E-state index contributed by atoms with van der Waals surface area (Å²) in [5, 5.41) is 3.27. The minimum Gasteiger partial charge on any atom is -0.465 e. The molecule has 3 heteroatoms. The van der Waals surface area contributed by atoms with Crippen LogP contribution in [-0.2, 0) is 9.53 Å². The Bertz CT molecular complexity index is 361. The number of nitrogens with one attached hydrogen (secondary N) is 1. The third kappa shape index (κ3) is 3.98. The fourth-order valence-corrected chi connectivity index (χ4v) is 3.95. The summed E-state index contributed by atoms with van der Waals surface area (Å²) in [5.41, 5.74) is -0.458. The predicted molar refractivity (Wildman–Crippen MR) is 77.6 cm³/mol. The van der Waals surface area contributed by atoms with E-state index in [-0.39, 0.29) is 16.8 Å². The molecule has 0 saturated heterocycles. The van der Waals surface area contributed by atoms with Gasteiger partial charge in [-0.25, -0.2) is 0 Å². The van der Waals surface area contributed by atoms with Gasteiger partial charge in [-0.3, -0.25) is 10.1 Å². The summed E-state index contributed by atoms with van der Waals surface area (Å²) >= 11 is 0. The Morgan fingerprint density at radius 3 is 2.16 bits per heavy atom. The van der Waals surface area contributed by atoms with E-state index in [1.165, 1.54) is 0 Å². The highest BCUT2D eigenvalue weighted by Crippen LogP contribution is 2.50. The topological polar surface area (TPSA) is 38.3 Å². The predicted octanol–water partition coefficient (Wildman–Crippen LogP) is 2.75. The molecule has 1 rings (SSSR count). The van der Waals surface area contributed by atoms with E-state index in [1.54, 1.807) is 0 Å². The van der Waals surface area contributed by atoms with Gasteiger partial charge in [-0.1, -0.05) is 33.6 Å². The summed E-state index contributed by atoms with van der Waals surface area (Å²) in [6.45, 7) is 11.5. The van der Waals surface area contributed by atoms with Crippen LogP contribution in [0.2, 0.25) is 0 Å². The minimum atomic E-state index is -0.645. The molecule has 0 amide bonds. The number of terminal acetylenes is 1. The molecule has 0 aromatic heterocycles. The van der Waals surface area contributed by atoms with E-state index in [2.05, 4.69) is 38.9 Å². The lowest BCUT2D eigenvalue weighted by molar-refractivity contribution is -0.157. The van der Waals surface area contributed by atoms with Crippen molar-refractivity contribution in [1.82, 2.24) is 5.32 Å². The Hall–Kier alpha value is -1.01. The van der Waals surface area contributed by atoms with E-state index in [9.17, 15) is 4.79 Å². The highest BCUT2D eigenvalue weighted by molar-refractivity contribution is 5.81. The summed E-state index contributed by atoms with van der Waals surface area (Å²) < 4.78 is 5.30. The van der Waals surface area contributed by atoms with Crippen LogP contribution in [0.1, 0.15) is 53.9 Å². The van der Waals surface area contributed by atoms with Crippen LogP contribution >= 0.6 is 0 Å². The fraction of sp³-hybridized carbons (Fsp3) is 0.812. The molecule has 1 aliphatic rings. The van der Waals surface area contributed by atoms with Crippen LogP contribution in [0.4, 0.5) is 0 Å². The summed E-state index contributed by atoms with van der Waals surface area (Å²) in [6, 6.07) is 0. The Morgan fingerprint density at radius 2 is 1.74 bits per heavy atom. The lowest BCUT2D eigenvalue weighted by atomic mass is 9.58. The van der Waals surface area contributed by atoms with Gasteiger partial charge in [0.05, 0.1) is 13.2 Å². The second-order valence-electron chi connectivity index (χ2n) is 7.22. The highest BCUT2D eigenvalue weighted by Gasteiger charge is 2.52. The highest BCUT2D eigenvalue weighted by atomic mass is 16.5. The smallest absolute Gasteiger partial charge is 0.326 e. The van der Waals surface area contributed by atoms with E-state index in [1.807, 2.05) is 6.92 Å². The van der Waals surface area contributed by atoms with Crippen LogP contribution < -0.4 is 5.32 Å². The van der Waals surface area contributed by atoms with Gasteiger partial charge >= 0.3 is 5.97 Å². The molecule has 0 bridgehead atoms. The molecule has 0 aliphatic heterocycles. The van der Waals surface area contributed by atoms with E-state index < -0.39 is 5.54 Å². The van der Waals surface area contributed by atoms with Crippen molar-refractivity contribution in [2.75, 3.05) is 13.2 Å². The number of carbonyl (C=O) groups is 1. The van der Waals surface area contributed by atoms with E-state index >= 15 is 0 Å². The van der Waals surface area contributed by atoms with Crippen molar-refractivity contribution in [3.8, 4) is 12.3 Å². The fourth-order valence-electron chi connectivity index (χ4n) is 3.95. The lowest BCUT2D eigenvalue weighted by Gasteiger charge is -2.50. The van der Waals surface area contributed by atoms with Gasteiger partial charge in [0, 0.05) is 0 Å². The second kappa shape index (κ2) is 5.54. The Kier molecular flexibility index (Phi) is 4.68. The molecule has 0 unspecified atom stereocenters. The summed E-state index contributed by atoms with van der Waals surface area (Å²) in [6.07, 6.45) is 7.98. The molecule has 0 atom stereocenters. The third-order valence-electron chi connectivity index (χ3n) is 3.71. The van der Waals surface area contributed by atoms with Crippen molar-refractivity contribution in [2.45, 2.75) is 59.4 Å². The maximum Gasteiger partial charge on any atom is 0.326 e. The number of rotatable bonds is 4.